The fraction of sp³-hybridized carbons (Fsp3) is 0.206. The number of hydrogen-bond donors (Lipinski definition) is 1. The number of aromatic nitrogens is 3. The van der Waals surface area contributed by atoms with Crippen LogP contribution in [0.4, 0.5) is 0 Å². The molecule has 0 radical (unpaired) electrons. The van der Waals surface area contributed by atoms with Crippen molar-refractivity contribution in [2.24, 2.45) is 0 Å². The van der Waals surface area contributed by atoms with E-state index in [1.165, 1.54) is 5.56 Å². The number of halogens is 1. The average molecular weight is 596 g/mol. The van der Waals surface area contributed by atoms with Gasteiger partial charge in [-0.05, 0) is 80.8 Å². The number of nitrogens with zero attached hydrogens (tertiary/aromatic N) is 3. The number of imidazole rings is 1. The third kappa shape index (κ3) is 5.55. The van der Waals surface area contributed by atoms with Crippen LogP contribution in [0.25, 0.3) is 42.9 Å². The number of ether oxygens (including phenoxy) is 1. The van der Waals surface area contributed by atoms with Gasteiger partial charge < -0.3 is 14.4 Å². The summed E-state index contributed by atoms with van der Waals surface area (Å²) in [5, 5.41) is 11.8. The Morgan fingerprint density at radius 3 is 2.40 bits per heavy atom. The molecule has 6 nitrogen and oxygen atoms in total. The number of benzene rings is 4. The molecule has 1 unspecified atom stereocenters. The predicted molar refractivity (Wildman–Crippen MR) is 170 cm³/mol. The normalized spacial score (nSPS) is 12.7. The van der Waals surface area contributed by atoms with Gasteiger partial charge in [0.1, 0.15) is 5.01 Å². The molecule has 0 bridgehead atoms. The van der Waals surface area contributed by atoms with Crippen LogP contribution in [-0.2, 0) is 16.1 Å². The van der Waals surface area contributed by atoms with Gasteiger partial charge in [-0.1, -0.05) is 54.1 Å². The van der Waals surface area contributed by atoms with Gasteiger partial charge in [0.25, 0.3) is 0 Å². The Kier molecular flexibility index (Phi) is 7.35. The molecule has 0 saturated heterocycles. The van der Waals surface area contributed by atoms with Crippen LogP contribution in [0.3, 0.4) is 0 Å². The summed E-state index contributed by atoms with van der Waals surface area (Å²) < 4.78 is 9.18. The van der Waals surface area contributed by atoms with Crippen molar-refractivity contribution in [1.29, 1.82) is 0 Å². The molecule has 0 aliphatic rings. The van der Waals surface area contributed by atoms with Crippen molar-refractivity contribution in [3.63, 3.8) is 0 Å². The van der Waals surface area contributed by atoms with Crippen LogP contribution >= 0.6 is 22.9 Å². The standard InChI is InChI=1S/C34H30ClN3O3S/c1-20-16-26-31(29(22-10-13-24(35)14-11-22)28(20)30(33(39)40)41-34(2,3)4)42-32(37-26)23-12-15-25-27(17-23)38(19-36-25)18-21-8-6-5-7-9-21/h5-17,19,30H,18H2,1-4H3,(H,39,40). The van der Waals surface area contributed by atoms with Crippen LogP contribution in [0.1, 0.15) is 43.6 Å². The highest BCUT2D eigenvalue weighted by molar-refractivity contribution is 7.22. The second-order valence-electron chi connectivity index (χ2n) is 11.4. The van der Waals surface area contributed by atoms with Crippen molar-refractivity contribution in [3.8, 4) is 21.7 Å². The molecule has 6 aromatic rings. The first-order valence-corrected chi connectivity index (χ1v) is 14.9. The summed E-state index contributed by atoms with van der Waals surface area (Å²) in [5.74, 6) is -1.04. The first kappa shape index (κ1) is 28.1. The first-order chi connectivity index (χ1) is 20.1. The minimum Gasteiger partial charge on any atom is -0.479 e. The van der Waals surface area contributed by atoms with E-state index in [9.17, 15) is 9.90 Å². The molecule has 2 aromatic heterocycles. The summed E-state index contributed by atoms with van der Waals surface area (Å²) >= 11 is 7.78. The Bertz CT molecular complexity index is 1920. The minimum absolute atomic E-state index is 0.607. The van der Waals surface area contributed by atoms with Gasteiger partial charge in [-0.25, -0.2) is 14.8 Å². The molecule has 1 atom stereocenters. The van der Waals surface area contributed by atoms with Crippen LogP contribution < -0.4 is 0 Å². The quantitative estimate of drug-likeness (QED) is 0.199. The van der Waals surface area contributed by atoms with E-state index in [-0.39, 0.29) is 0 Å². The van der Waals surface area contributed by atoms with E-state index in [0.29, 0.717) is 17.1 Å². The minimum atomic E-state index is -1.16. The van der Waals surface area contributed by atoms with Gasteiger partial charge in [0.2, 0.25) is 0 Å². The summed E-state index contributed by atoms with van der Waals surface area (Å²) in [6.45, 7) is 8.23. The van der Waals surface area contributed by atoms with Crippen molar-refractivity contribution in [3.05, 3.63) is 107 Å². The third-order valence-corrected chi connectivity index (χ3v) is 8.47. The van der Waals surface area contributed by atoms with Crippen molar-refractivity contribution >= 4 is 50.2 Å². The second kappa shape index (κ2) is 11.0. The molecule has 0 amide bonds. The molecule has 0 aliphatic carbocycles. The highest BCUT2D eigenvalue weighted by Crippen LogP contribution is 2.44. The molecule has 4 aromatic carbocycles. The number of hydrogen-bond acceptors (Lipinski definition) is 5. The maximum atomic E-state index is 12.6. The smallest absolute Gasteiger partial charge is 0.337 e. The average Bonchev–Trinajstić information content (AvgIpc) is 3.55. The highest BCUT2D eigenvalue weighted by atomic mass is 35.5. The molecule has 0 fully saturated rings. The van der Waals surface area contributed by atoms with E-state index in [2.05, 4.69) is 27.8 Å². The molecular weight excluding hydrogens is 566 g/mol. The molecule has 8 heteroatoms. The molecule has 0 saturated carbocycles. The highest BCUT2D eigenvalue weighted by Gasteiger charge is 2.32. The molecule has 2 heterocycles. The van der Waals surface area contributed by atoms with Crippen LogP contribution in [0.15, 0.2) is 85.2 Å². The van der Waals surface area contributed by atoms with E-state index in [1.54, 1.807) is 11.3 Å². The lowest BCUT2D eigenvalue weighted by Crippen LogP contribution is -2.28. The van der Waals surface area contributed by atoms with Crippen molar-refractivity contribution in [2.45, 2.75) is 45.9 Å². The zero-order valence-electron chi connectivity index (χ0n) is 23.8. The molecule has 0 spiro atoms. The maximum Gasteiger partial charge on any atom is 0.337 e. The second-order valence-corrected chi connectivity index (χ2v) is 12.8. The third-order valence-electron chi connectivity index (χ3n) is 7.08. The lowest BCUT2D eigenvalue weighted by molar-refractivity contribution is -0.160. The number of fused-ring (bicyclic) bond motifs is 2. The fourth-order valence-corrected chi connectivity index (χ4v) is 6.51. The predicted octanol–water partition coefficient (Wildman–Crippen LogP) is 8.93. The van der Waals surface area contributed by atoms with E-state index in [1.807, 2.05) is 94.7 Å². The molecule has 42 heavy (non-hydrogen) atoms. The van der Waals surface area contributed by atoms with E-state index in [4.69, 9.17) is 21.3 Å². The number of carboxylic acid groups (broad SMARTS) is 1. The Labute approximate surface area is 253 Å². The number of aryl methyl sites for hydroxylation is 1. The summed E-state index contributed by atoms with van der Waals surface area (Å²) in [4.78, 5) is 22.3. The molecule has 0 aliphatic heterocycles. The Morgan fingerprint density at radius 1 is 1.00 bits per heavy atom. The van der Waals surface area contributed by atoms with Crippen LogP contribution in [0.5, 0.6) is 0 Å². The zero-order chi connectivity index (χ0) is 29.6. The van der Waals surface area contributed by atoms with Crippen molar-refractivity contribution in [2.75, 3.05) is 0 Å². The van der Waals surface area contributed by atoms with Gasteiger partial charge >= 0.3 is 5.97 Å². The fourth-order valence-electron chi connectivity index (χ4n) is 5.26. The van der Waals surface area contributed by atoms with Gasteiger partial charge in [-0.15, -0.1) is 11.3 Å². The van der Waals surface area contributed by atoms with E-state index < -0.39 is 17.7 Å². The van der Waals surface area contributed by atoms with Crippen molar-refractivity contribution < 1.29 is 14.6 Å². The number of thiazole rings is 1. The largest absolute Gasteiger partial charge is 0.479 e. The summed E-state index contributed by atoms with van der Waals surface area (Å²) in [6.07, 6.45) is 0.712. The lowest BCUT2D eigenvalue weighted by Gasteiger charge is -2.28. The number of rotatable bonds is 7. The van der Waals surface area contributed by atoms with E-state index >= 15 is 0 Å². The maximum absolute atomic E-state index is 12.6. The van der Waals surface area contributed by atoms with Crippen LogP contribution in [-0.4, -0.2) is 31.2 Å². The summed E-state index contributed by atoms with van der Waals surface area (Å²) in [5.41, 5.74) is 7.34. The van der Waals surface area contributed by atoms with Gasteiger partial charge in [0.05, 0.1) is 33.2 Å². The number of carboxylic acids is 1. The number of carbonyl (C=O) groups is 1. The van der Waals surface area contributed by atoms with Gasteiger partial charge in [-0.2, -0.15) is 0 Å². The Hall–Kier alpha value is -4.04. The summed E-state index contributed by atoms with van der Waals surface area (Å²) in [7, 11) is 0. The number of aliphatic carboxylic acids is 1. The molecule has 6 rings (SSSR count). The monoisotopic (exact) mass is 595 g/mol. The SMILES string of the molecule is Cc1cc2nc(-c3ccc4ncn(Cc5ccccc5)c4c3)sc2c(-c2ccc(Cl)cc2)c1C(OC(C)(C)C)C(=O)O. The van der Waals surface area contributed by atoms with Crippen LogP contribution in [0.2, 0.25) is 5.02 Å². The van der Waals surface area contributed by atoms with Gasteiger partial charge in [-0.3, -0.25) is 0 Å². The van der Waals surface area contributed by atoms with Crippen LogP contribution in [0, 0.1) is 6.92 Å². The van der Waals surface area contributed by atoms with Gasteiger partial charge in [0.15, 0.2) is 6.10 Å². The Balaban J connectivity index is 1.53. The lowest BCUT2D eigenvalue weighted by atomic mass is 9.91. The molecular formula is C34H30ClN3O3S. The molecule has 212 valence electrons. The molecule has 1 N–H and O–H groups in total. The topological polar surface area (TPSA) is 77.2 Å². The summed E-state index contributed by atoms with van der Waals surface area (Å²) in [6, 6.07) is 25.9. The first-order valence-electron chi connectivity index (χ1n) is 13.7. The van der Waals surface area contributed by atoms with E-state index in [0.717, 1.165) is 48.5 Å². The van der Waals surface area contributed by atoms with Crippen molar-refractivity contribution in [1.82, 2.24) is 14.5 Å². The van der Waals surface area contributed by atoms with Gasteiger partial charge in [0, 0.05) is 28.3 Å². The zero-order valence-corrected chi connectivity index (χ0v) is 25.3. The Morgan fingerprint density at radius 2 is 1.71 bits per heavy atom.